The number of hydrogen-bond donors (Lipinski definition) is 0. The smallest absolute Gasteiger partial charge is 0.0332 e. The van der Waals surface area contributed by atoms with E-state index in [0.717, 1.165) is 5.92 Å². The molecule has 0 unspecified atom stereocenters. The molecule has 1 saturated carbocycles. The first-order valence-electron chi connectivity index (χ1n) is 6.45. The van der Waals surface area contributed by atoms with Crippen molar-refractivity contribution in [2.75, 3.05) is 0 Å². The molecule has 0 nitrogen and oxygen atoms in total. The van der Waals surface area contributed by atoms with Gasteiger partial charge in [-0.3, -0.25) is 0 Å². The maximum Gasteiger partial charge on any atom is 0.0332 e. The highest BCUT2D eigenvalue weighted by atomic mass is 79.9. The van der Waals surface area contributed by atoms with Gasteiger partial charge in [0.2, 0.25) is 0 Å². The van der Waals surface area contributed by atoms with Crippen LogP contribution < -0.4 is 0 Å². The lowest BCUT2D eigenvalue weighted by molar-refractivity contribution is 1.17. The fourth-order valence-corrected chi connectivity index (χ4v) is 3.61. The highest BCUT2D eigenvalue weighted by Gasteiger charge is 2.28. The van der Waals surface area contributed by atoms with Gasteiger partial charge in [0.15, 0.2) is 0 Å². The lowest BCUT2D eigenvalue weighted by Gasteiger charge is -2.13. The van der Waals surface area contributed by atoms with Gasteiger partial charge in [-0.1, -0.05) is 48.5 Å². The minimum Gasteiger partial charge on any atom is -0.0616 e. The molecule has 0 aliphatic heterocycles. The molecular formula is C17H13Br. The molecule has 0 saturated heterocycles. The molecule has 0 N–H and O–H groups in total. The molecule has 1 fully saturated rings. The molecule has 3 aromatic carbocycles. The van der Waals surface area contributed by atoms with Crippen molar-refractivity contribution >= 4 is 37.5 Å². The topological polar surface area (TPSA) is 0 Å². The average Bonchev–Trinajstić information content (AvgIpc) is 3.24. The molecule has 0 aromatic heterocycles. The minimum absolute atomic E-state index is 0.771. The van der Waals surface area contributed by atoms with Crippen molar-refractivity contribution in [3.05, 3.63) is 58.6 Å². The van der Waals surface area contributed by atoms with Gasteiger partial charge in [-0.2, -0.15) is 0 Å². The molecule has 0 bridgehead atoms. The van der Waals surface area contributed by atoms with Crippen LogP contribution in [0.5, 0.6) is 0 Å². The molecule has 1 aliphatic rings. The van der Waals surface area contributed by atoms with E-state index in [4.69, 9.17) is 0 Å². The molecule has 0 spiro atoms. The van der Waals surface area contributed by atoms with Crippen LogP contribution >= 0.6 is 15.9 Å². The van der Waals surface area contributed by atoms with Gasteiger partial charge in [-0.05, 0) is 61.8 Å². The third kappa shape index (κ3) is 1.44. The minimum atomic E-state index is 0.771. The molecular weight excluding hydrogens is 284 g/mol. The van der Waals surface area contributed by atoms with E-state index in [1.807, 2.05) is 0 Å². The summed E-state index contributed by atoms with van der Waals surface area (Å²) in [5.74, 6) is 0.771. The zero-order valence-corrected chi connectivity index (χ0v) is 11.6. The van der Waals surface area contributed by atoms with Crippen molar-refractivity contribution in [1.82, 2.24) is 0 Å². The van der Waals surface area contributed by atoms with Crippen LogP contribution in [-0.2, 0) is 0 Å². The van der Waals surface area contributed by atoms with Gasteiger partial charge in [0, 0.05) is 4.47 Å². The van der Waals surface area contributed by atoms with Gasteiger partial charge in [0.05, 0.1) is 0 Å². The number of benzene rings is 3. The highest BCUT2D eigenvalue weighted by Crippen LogP contribution is 2.48. The van der Waals surface area contributed by atoms with Crippen molar-refractivity contribution in [3.8, 4) is 0 Å². The Morgan fingerprint density at radius 1 is 0.722 bits per heavy atom. The predicted molar refractivity (Wildman–Crippen MR) is 81.1 cm³/mol. The van der Waals surface area contributed by atoms with Crippen LogP contribution in [-0.4, -0.2) is 0 Å². The largest absolute Gasteiger partial charge is 0.0616 e. The lowest BCUT2D eigenvalue weighted by Crippen LogP contribution is -1.88. The molecule has 1 aliphatic carbocycles. The Bertz CT molecular complexity index is 697. The lowest BCUT2D eigenvalue weighted by atomic mass is 9.94. The van der Waals surface area contributed by atoms with Crippen LogP contribution in [0.15, 0.2) is 53.0 Å². The number of rotatable bonds is 1. The molecule has 0 amide bonds. The zero-order valence-electron chi connectivity index (χ0n) is 9.99. The molecule has 0 radical (unpaired) electrons. The first-order chi connectivity index (χ1) is 8.86. The Morgan fingerprint density at radius 2 is 1.17 bits per heavy atom. The standard InChI is InChI=1S/C17H13Br/c18-17-14-7-3-1-5-12(14)16(11-9-10-11)13-6-2-4-8-15(13)17/h1-8,11H,9-10H2. The van der Waals surface area contributed by atoms with Crippen molar-refractivity contribution < 1.29 is 0 Å². The first kappa shape index (κ1) is 10.6. The van der Waals surface area contributed by atoms with Crippen LogP contribution in [0, 0.1) is 0 Å². The molecule has 3 aromatic rings. The van der Waals surface area contributed by atoms with Gasteiger partial charge in [-0.15, -0.1) is 0 Å². The average molecular weight is 297 g/mol. The Morgan fingerprint density at radius 3 is 1.61 bits per heavy atom. The van der Waals surface area contributed by atoms with Gasteiger partial charge < -0.3 is 0 Å². The van der Waals surface area contributed by atoms with E-state index in [9.17, 15) is 0 Å². The second-order valence-corrected chi connectivity index (χ2v) is 5.89. The Labute approximate surface area is 115 Å². The summed E-state index contributed by atoms with van der Waals surface area (Å²) in [5, 5.41) is 5.53. The molecule has 18 heavy (non-hydrogen) atoms. The second kappa shape index (κ2) is 3.83. The molecule has 88 valence electrons. The summed E-state index contributed by atoms with van der Waals surface area (Å²) in [6.07, 6.45) is 2.69. The third-order valence-electron chi connectivity index (χ3n) is 3.89. The molecule has 1 heteroatoms. The van der Waals surface area contributed by atoms with Crippen molar-refractivity contribution in [3.63, 3.8) is 0 Å². The van der Waals surface area contributed by atoms with Gasteiger partial charge in [-0.25, -0.2) is 0 Å². The predicted octanol–water partition coefficient (Wildman–Crippen LogP) is 5.63. The van der Waals surface area contributed by atoms with Gasteiger partial charge >= 0.3 is 0 Å². The maximum absolute atomic E-state index is 3.79. The fraction of sp³-hybridized carbons (Fsp3) is 0.176. The quantitative estimate of drug-likeness (QED) is 0.510. The third-order valence-corrected chi connectivity index (χ3v) is 4.75. The Balaban J connectivity index is 2.28. The second-order valence-electron chi connectivity index (χ2n) is 5.09. The van der Waals surface area contributed by atoms with Gasteiger partial charge in [0.1, 0.15) is 0 Å². The van der Waals surface area contributed by atoms with Crippen LogP contribution in [0.1, 0.15) is 24.3 Å². The number of fused-ring (bicyclic) bond motifs is 2. The van der Waals surface area contributed by atoms with Crippen molar-refractivity contribution in [1.29, 1.82) is 0 Å². The fourth-order valence-electron chi connectivity index (χ4n) is 2.92. The van der Waals surface area contributed by atoms with E-state index in [0.29, 0.717) is 0 Å². The maximum atomic E-state index is 3.79. The summed E-state index contributed by atoms with van der Waals surface area (Å²) in [6.45, 7) is 0. The summed E-state index contributed by atoms with van der Waals surface area (Å²) >= 11 is 3.79. The number of hydrogen-bond acceptors (Lipinski definition) is 0. The van der Waals surface area contributed by atoms with Crippen LogP contribution in [0.2, 0.25) is 0 Å². The van der Waals surface area contributed by atoms with E-state index < -0.39 is 0 Å². The summed E-state index contributed by atoms with van der Waals surface area (Å²) < 4.78 is 1.23. The molecule has 0 atom stereocenters. The van der Waals surface area contributed by atoms with Crippen LogP contribution in [0.4, 0.5) is 0 Å². The Kier molecular flexibility index (Phi) is 2.25. The van der Waals surface area contributed by atoms with Crippen molar-refractivity contribution in [2.24, 2.45) is 0 Å². The number of halogens is 1. The van der Waals surface area contributed by atoms with Gasteiger partial charge in [0.25, 0.3) is 0 Å². The zero-order chi connectivity index (χ0) is 12.1. The van der Waals surface area contributed by atoms with E-state index in [-0.39, 0.29) is 0 Å². The Hall–Kier alpha value is -1.34. The van der Waals surface area contributed by atoms with Crippen LogP contribution in [0.25, 0.3) is 21.5 Å². The van der Waals surface area contributed by atoms with Crippen LogP contribution in [0.3, 0.4) is 0 Å². The SMILES string of the molecule is Brc1c2ccccc2c(C2CC2)c2ccccc12. The summed E-state index contributed by atoms with van der Waals surface area (Å²) in [6, 6.07) is 17.5. The summed E-state index contributed by atoms with van der Waals surface area (Å²) in [7, 11) is 0. The van der Waals surface area contributed by atoms with E-state index >= 15 is 0 Å². The normalized spacial score (nSPS) is 15.4. The molecule has 0 heterocycles. The summed E-state index contributed by atoms with van der Waals surface area (Å²) in [5.41, 5.74) is 1.56. The summed E-state index contributed by atoms with van der Waals surface area (Å²) in [4.78, 5) is 0. The van der Waals surface area contributed by atoms with E-state index in [1.165, 1.54) is 38.9 Å². The van der Waals surface area contributed by atoms with E-state index in [1.54, 1.807) is 5.56 Å². The monoisotopic (exact) mass is 296 g/mol. The van der Waals surface area contributed by atoms with E-state index in [2.05, 4.69) is 64.5 Å². The highest BCUT2D eigenvalue weighted by molar-refractivity contribution is 9.10. The van der Waals surface area contributed by atoms with Crippen molar-refractivity contribution in [2.45, 2.75) is 18.8 Å². The first-order valence-corrected chi connectivity index (χ1v) is 7.24. The molecule has 4 rings (SSSR count).